The Morgan fingerprint density at radius 2 is 2.04 bits per heavy atom. The van der Waals surface area contributed by atoms with E-state index in [-0.39, 0.29) is 29.5 Å². The van der Waals surface area contributed by atoms with Gasteiger partial charge in [-0.25, -0.2) is 4.79 Å². The van der Waals surface area contributed by atoms with Gasteiger partial charge in [-0.2, -0.15) is 0 Å². The summed E-state index contributed by atoms with van der Waals surface area (Å²) in [6.45, 7) is 1.49. The molecule has 0 aliphatic heterocycles. The summed E-state index contributed by atoms with van der Waals surface area (Å²) in [6, 6.07) is 5.56. The average molecular weight is 365 g/mol. The van der Waals surface area contributed by atoms with Gasteiger partial charge in [-0.05, 0) is 18.4 Å². The van der Waals surface area contributed by atoms with Crippen molar-refractivity contribution in [1.82, 2.24) is 0 Å². The molecule has 9 heteroatoms. The molecule has 0 unspecified atom stereocenters. The van der Waals surface area contributed by atoms with Crippen molar-refractivity contribution in [1.29, 1.82) is 0 Å². The Kier molecular flexibility index (Phi) is 6.07. The quantitative estimate of drug-likeness (QED) is 0.306. The maximum Gasteiger partial charge on any atom is 0.345 e. The first-order valence-corrected chi connectivity index (χ1v) is 8.09. The number of esters is 1. The molecule has 0 saturated heterocycles. The first kappa shape index (κ1) is 18.4. The smallest absolute Gasteiger partial charge is 0.345 e. The number of ketones is 1. The van der Waals surface area contributed by atoms with E-state index in [0.717, 1.165) is 6.07 Å². The molecule has 0 fully saturated rings. The zero-order valence-corrected chi connectivity index (χ0v) is 14.3. The summed E-state index contributed by atoms with van der Waals surface area (Å²) in [5, 5.41) is 12.9. The van der Waals surface area contributed by atoms with Crippen LogP contribution in [0.1, 0.15) is 27.0 Å². The third-order valence-electron chi connectivity index (χ3n) is 3.13. The predicted octanol–water partition coefficient (Wildman–Crippen LogP) is 3.10. The first-order chi connectivity index (χ1) is 12.0. The van der Waals surface area contributed by atoms with Crippen LogP contribution in [0.25, 0.3) is 0 Å². The second-order valence-corrected chi connectivity index (χ2v) is 5.63. The molecule has 0 atom stereocenters. The summed E-state index contributed by atoms with van der Waals surface area (Å²) in [4.78, 5) is 35.0. The lowest BCUT2D eigenvalue weighted by molar-refractivity contribution is -0.385. The number of carbonyl (C=O) groups is 2. The van der Waals surface area contributed by atoms with Gasteiger partial charge in [-0.15, -0.1) is 11.3 Å². The molecule has 2 aromatic rings. The summed E-state index contributed by atoms with van der Waals surface area (Å²) in [5.41, 5.74) is -0.804. The Labute approximate surface area is 147 Å². The summed E-state index contributed by atoms with van der Waals surface area (Å²) in [7, 11) is 1.33. The summed E-state index contributed by atoms with van der Waals surface area (Å²) in [6.07, 6.45) is 0. The Morgan fingerprint density at radius 3 is 2.60 bits per heavy atom. The molecule has 8 nitrogen and oxygen atoms in total. The van der Waals surface area contributed by atoms with Crippen molar-refractivity contribution in [2.45, 2.75) is 6.92 Å². The van der Waals surface area contributed by atoms with Gasteiger partial charge in [0.05, 0.1) is 29.6 Å². The number of carbonyl (C=O) groups excluding carboxylic acids is 2. The number of hydrogen-bond donors (Lipinski definition) is 0. The molecular formula is C16H15NO7S. The summed E-state index contributed by atoms with van der Waals surface area (Å²) in [5.74, 6) is -1.07. The Balaban J connectivity index is 2.25. The Bertz CT molecular complexity index is 786. The van der Waals surface area contributed by atoms with Gasteiger partial charge in [0.2, 0.25) is 5.78 Å². The predicted molar refractivity (Wildman–Crippen MR) is 89.7 cm³/mol. The number of nitro benzene ring substituents is 1. The van der Waals surface area contributed by atoms with Crippen LogP contribution in [0.5, 0.6) is 11.5 Å². The van der Waals surface area contributed by atoms with E-state index in [1.54, 1.807) is 24.4 Å². The monoisotopic (exact) mass is 365 g/mol. The van der Waals surface area contributed by atoms with Gasteiger partial charge in [0.1, 0.15) is 5.56 Å². The number of nitro groups is 1. The van der Waals surface area contributed by atoms with Crippen molar-refractivity contribution >= 4 is 28.8 Å². The van der Waals surface area contributed by atoms with Gasteiger partial charge in [0, 0.05) is 6.07 Å². The number of thiophene rings is 1. The zero-order chi connectivity index (χ0) is 18.4. The third-order valence-corrected chi connectivity index (χ3v) is 4.04. The maximum absolute atomic E-state index is 12.2. The van der Waals surface area contributed by atoms with E-state index in [4.69, 9.17) is 14.2 Å². The van der Waals surface area contributed by atoms with Gasteiger partial charge < -0.3 is 14.2 Å². The lowest BCUT2D eigenvalue weighted by Crippen LogP contribution is -2.15. The van der Waals surface area contributed by atoms with Crippen LogP contribution >= 0.6 is 11.3 Å². The second-order valence-electron chi connectivity index (χ2n) is 4.69. The highest BCUT2D eigenvalue weighted by molar-refractivity contribution is 7.12. The topological polar surface area (TPSA) is 105 Å². The van der Waals surface area contributed by atoms with Crippen molar-refractivity contribution in [2.24, 2.45) is 0 Å². The number of ether oxygens (including phenoxy) is 3. The molecule has 25 heavy (non-hydrogen) atoms. The molecule has 132 valence electrons. The van der Waals surface area contributed by atoms with Crippen LogP contribution < -0.4 is 9.47 Å². The standard InChI is InChI=1S/C16H15NO7S/c1-3-23-14-7-10(11(17(20)21)8-13(14)22-2)16(19)24-9-12(18)15-5-4-6-25-15/h4-8H,3,9H2,1-2H3. The Hall–Kier alpha value is -2.94. The summed E-state index contributed by atoms with van der Waals surface area (Å²) >= 11 is 1.21. The number of hydrogen-bond acceptors (Lipinski definition) is 8. The molecule has 0 spiro atoms. The number of rotatable bonds is 8. The number of methoxy groups -OCH3 is 1. The fourth-order valence-electron chi connectivity index (χ4n) is 2.01. The Morgan fingerprint density at radius 1 is 1.28 bits per heavy atom. The van der Waals surface area contributed by atoms with E-state index in [2.05, 4.69) is 0 Å². The first-order valence-electron chi connectivity index (χ1n) is 7.21. The van der Waals surface area contributed by atoms with Gasteiger partial charge in [-0.1, -0.05) is 6.07 Å². The molecule has 2 rings (SSSR count). The highest BCUT2D eigenvalue weighted by Crippen LogP contribution is 2.35. The minimum absolute atomic E-state index is 0.125. The third kappa shape index (κ3) is 4.32. The molecule has 1 heterocycles. The van der Waals surface area contributed by atoms with E-state index in [0.29, 0.717) is 4.88 Å². The fourth-order valence-corrected chi connectivity index (χ4v) is 2.66. The van der Waals surface area contributed by atoms with Gasteiger partial charge in [0.25, 0.3) is 5.69 Å². The van der Waals surface area contributed by atoms with Gasteiger partial charge >= 0.3 is 5.97 Å². The normalized spacial score (nSPS) is 10.2. The van der Waals surface area contributed by atoms with Crippen LogP contribution in [0.3, 0.4) is 0 Å². The minimum atomic E-state index is -0.986. The van der Waals surface area contributed by atoms with Crippen molar-refractivity contribution in [3.63, 3.8) is 0 Å². The van der Waals surface area contributed by atoms with Crippen LogP contribution in [-0.2, 0) is 4.74 Å². The van der Waals surface area contributed by atoms with E-state index in [1.807, 2.05) is 0 Å². The summed E-state index contributed by atoms with van der Waals surface area (Å²) < 4.78 is 15.3. The lowest BCUT2D eigenvalue weighted by atomic mass is 10.1. The van der Waals surface area contributed by atoms with Crippen molar-refractivity contribution in [3.05, 3.63) is 50.2 Å². The molecule has 0 radical (unpaired) electrons. The van der Waals surface area contributed by atoms with Gasteiger partial charge in [-0.3, -0.25) is 14.9 Å². The minimum Gasteiger partial charge on any atom is -0.493 e. The van der Waals surface area contributed by atoms with Crippen LogP contribution in [0.15, 0.2) is 29.6 Å². The lowest BCUT2D eigenvalue weighted by Gasteiger charge is -2.11. The van der Waals surface area contributed by atoms with Crippen molar-refractivity contribution in [2.75, 3.05) is 20.3 Å². The van der Waals surface area contributed by atoms with E-state index < -0.39 is 23.2 Å². The van der Waals surface area contributed by atoms with Crippen molar-refractivity contribution < 1.29 is 28.7 Å². The SMILES string of the molecule is CCOc1cc(C(=O)OCC(=O)c2cccs2)c([N+](=O)[O-])cc1OC. The molecule has 1 aromatic carbocycles. The molecule has 0 saturated carbocycles. The molecule has 0 aliphatic carbocycles. The van der Waals surface area contributed by atoms with E-state index in [9.17, 15) is 19.7 Å². The number of nitrogens with zero attached hydrogens (tertiary/aromatic N) is 1. The highest BCUT2D eigenvalue weighted by atomic mass is 32.1. The molecule has 0 aliphatic rings. The van der Waals surface area contributed by atoms with Crippen LogP contribution in [-0.4, -0.2) is 37.0 Å². The van der Waals surface area contributed by atoms with Crippen molar-refractivity contribution in [3.8, 4) is 11.5 Å². The van der Waals surface area contributed by atoms with E-state index >= 15 is 0 Å². The second kappa shape index (κ2) is 8.25. The molecule has 0 amide bonds. The average Bonchev–Trinajstić information content (AvgIpc) is 3.13. The highest BCUT2D eigenvalue weighted by Gasteiger charge is 2.26. The zero-order valence-electron chi connectivity index (χ0n) is 13.5. The number of benzene rings is 1. The van der Waals surface area contributed by atoms with Crippen LogP contribution in [0, 0.1) is 10.1 Å². The van der Waals surface area contributed by atoms with Crippen LogP contribution in [0.4, 0.5) is 5.69 Å². The molecule has 0 N–H and O–H groups in total. The van der Waals surface area contributed by atoms with E-state index in [1.165, 1.54) is 24.5 Å². The molecule has 1 aromatic heterocycles. The largest absolute Gasteiger partial charge is 0.493 e. The molecular weight excluding hydrogens is 350 g/mol. The number of Topliss-reactive ketones (excluding diaryl/α,β-unsaturated/α-hetero) is 1. The fraction of sp³-hybridized carbons (Fsp3) is 0.250. The van der Waals surface area contributed by atoms with Crippen LogP contribution in [0.2, 0.25) is 0 Å². The maximum atomic E-state index is 12.2. The molecule has 0 bridgehead atoms. The van der Waals surface area contributed by atoms with Gasteiger partial charge in [0.15, 0.2) is 18.1 Å².